The van der Waals surface area contributed by atoms with E-state index in [0.29, 0.717) is 5.69 Å². The first-order valence-electron chi connectivity index (χ1n) is 10.8. The Kier molecular flexibility index (Phi) is 10.1. The molecule has 0 amide bonds. The van der Waals surface area contributed by atoms with Gasteiger partial charge < -0.3 is 23.7 Å². The van der Waals surface area contributed by atoms with Crippen LogP contribution in [-0.2, 0) is 47.7 Å². The fourth-order valence-corrected chi connectivity index (χ4v) is 3.21. The number of benzene rings is 1. The van der Waals surface area contributed by atoms with Crippen LogP contribution >= 0.6 is 0 Å². The van der Waals surface area contributed by atoms with Crippen LogP contribution in [0.5, 0.6) is 0 Å². The molecule has 1 aromatic heterocycles. The Morgan fingerprint density at radius 2 is 1.31 bits per heavy atom. The van der Waals surface area contributed by atoms with Gasteiger partial charge in [-0.25, -0.2) is 0 Å². The van der Waals surface area contributed by atoms with Crippen molar-refractivity contribution in [2.75, 3.05) is 6.61 Å². The van der Waals surface area contributed by atoms with Crippen molar-refractivity contribution in [1.82, 2.24) is 15.0 Å². The first-order chi connectivity index (χ1) is 17.0. The van der Waals surface area contributed by atoms with E-state index >= 15 is 0 Å². The largest absolute Gasteiger partial charge is 0.462 e. The molecule has 13 nitrogen and oxygen atoms in total. The van der Waals surface area contributed by atoms with Crippen LogP contribution in [0, 0.1) is 0 Å². The lowest BCUT2D eigenvalue weighted by molar-refractivity contribution is -0.203. The van der Waals surface area contributed by atoms with Gasteiger partial charge in [0.25, 0.3) is 0 Å². The highest BCUT2D eigenvalue weighted by Crippen LogP contribution is 2.29. The monoisotopic (exact) mass is 505 g/mol. The van der Waals surface area contributed by atoms with Crippen LogP contribution in [0.3, 0.4) is 0 Å². The molecule has 2 aromatic rings. The molecule has 4 atom stereocenters. The SMILES string of the molecule is CC(=O)OC[C@H](OC(C)=O)[C@@H](OC(C)=O)[C@H](OC(C)=O)[C@H](OC(C)=O)c1cnn(-c2ccccc2)n1. The van der Waals surface area contributed by atoms with E-state index in [1.807, 2.05) is 0 Å². The summed E-state index contributed by atoms with van der Waals surface area (Å²) in [6.45, 7) is 4.93. The summed E-state index contributed by atoms with van der Waals surface area (Å²) in [4.78, 5) is 60.5. The third kappa shape index (κ3) is 8.49. The van der Waals surface area contributed by atoms with Gasteiger partial charge in [-0.1, -0.05) is 18.2 Å². The van der Waals surface area contributed by atoms with E-state index < -0.39 is 60.9 Å². The minimum absolute atomic E-state index is 0.0338. The number of esters is 5. The van der Waals surface area contributed by atoms with Crippen molar-refractivity contribution in [3.05, 3.63) is 42.2 Å². The molecule has 36 heavy (non-hydrogen) atoms. The van der Waals surface area contributed by atoms with Crippen molar-refractivity contribution >= 4 is 29.8 Å². The summed E-state index contributed by atoms with van der Waals surface area (Å²) < 4.78 is 26.4. The third-order valence-electron chi connectivity index (χ3n) is 4.44. The van der Waals surface area contributed by atoms with Gasteiger partial charge in [-0.2, -0.15) is 9.90 Å². The van der Waals surface area contributed by atoms with E-state index in [0.717, 1.165) is 34.6 Å². The average Bonchev–Trinajstić information content (AvgIpc) is 3.27. The molecule has 2 rings (SSSR count). The van der Waals surface area contributed by atoms with Crippen LogP contribution in [0.4, 0.5) is 0 Å². The van der Waals surface area contributed by atoms with Crippen molar-refractivity contribution in [2.45, 2.75) is 59.0 Å². The summed E-state index contributed by atoms with van der Waals surface area (Å²) in [7, 11) is 0. The molecular weight excluding hydrogens is 478 g/mol. The van der Waals surface area contributed by atoms with Crippen LogP contribution in [0.2, 0.25) is 0 Å². The molecule has 0 saturated carbocycles. The Morgan fingerprint density at radius 1 is 0.750 bits per heavy atom. The fourth-order valence-electron chi connectivity index (χ4n) is 3.21. The molecule has 0 bridgehead atoms. The van der Waals surface area contributed by atoms with Crippen LogP contribution in [-0.4, -0.2) is 69.8 Å². The second-order valence-corrected chi connectivity index (χ2v) is 7.52. The van der Waals surface area contributed by atoms with E-state index in [1.54, 1.807) is 30.3 Å². The van der Waals surface area contributed by atoms with Gasteiger partial charge in [-0.05, 0) is 12.1 Å². The summed E-state index contributed by atoms with van der Waals surface area (Å²) in [5, 5.41) is 8.48. The first-order valence-corrected chi connectivity index (χ1v) is 10.8. The van der Waals surface area contributed by atoms with Crippen LogP contribution in [0.1, 0.15) is 46.4 Å². The summed E-state index contributed by atoms with van der Waals surface area (Å²) in [5.41, 5.74) is 0.616. The normalized spacial score (nSPS) is 13.9. The van der Waals surface area contributed by atoms with Crippen LogP contribution < -0.4 is 0 Å². The predicted octanol–water partition coefficient (Wildman–Crippen LogP) is 1.23. The second kappa shape index (κ2) is 13.0. The Labute approximate surface area is 206 Å². The van der Waals surface area contributed by atoms with Crippen molar-refractivity contribution in [3.8, 4) is 5.69 Å². The van der Waals surface area contributed by atoms with Gasteiger partial charge in [0.15, 0.2) is 24.4 Å². The van der Waals surface area contributed by atoms with Crippen LogP contribution in [0.15, 0.2) is 36.5 Å². The van der Waals surface area contributed by atoms with Gasteiger partial charge in [0.2, 0.25) is 0 Å². The van der Waals surface area contributed by atoms with E-state index in [4.69, 9.17) is 23.7 Å². The highest BCUT2D eigenvalue weighted by molar-refractivity contribution is 5.69. The molecule has 0 saturated heterocycles. The predicted molar refractivity (Wildman–Crippen MR) is 119 cm³/mol. The molecule has 1 heterocycles. The number of carbonyl (C=O) groups excluding carboxylic acids is 5. The molecule has 13 heteroatoms. The highest BCUT2D eigenvalue weighted by Gasteiger charge is 2.45. The van der Waals surface area contributed by atoms with Gasteiger partial charge in [0.1, 0.15) is 12.3 Å². The molecule has 0 spiro atoms. The summed E-state index contributed by atoms with van der Waals surface area (Å²) in [6.07, 6.45) is -4.75. The molecule has 0 unspecified atom stereocenters. The quantitative estimate of drug-likeness (QED) is 0.317. The zero-order valence-corrected chi connectivity index (χ0v) is 20.4. The van der Waals surface area contributed by atoms with Gasteiger partial charge >= 0.3 is 29.8 Å². The van der Waals surface area contributed by atoms with Crippen LogP contribution in [0.25, 0.3) is 5.69 Å². The lowest BCUT2D eigenvalue weighted by Gasteiger charge is -2.34. The fraction of sp³-hybridized carbons (Fsp3) is 0.435. The van der Waals surface area contributed by atoms with Crippen molar-refractivity contribution in [1.29, 1.82) is 0 Å². The second-order valence-electron chi connectivity index (χ2n) is 7.52. The molecule has 0 aliphatic heterocycles. The van der Waals surface area contributed by atoms with Gasteiger partial charge in [-0.15, -0.1) is 5.10 Å². The van der Waals surface area contributed by atoms with E-state index in [-0.39, 0.29) is 5.69 Å². The molecule has 0 fully saturated rings. The highest BCUT2D eigenvalue weighted by atomic mass is 16.6. The molecule has 1 aromatic carbocycles. The van der Waals surface area contributed by atoms with Gasteiger partial charge in [-0.3, -0.25) is 24.0 Å². The zero-order chi connectivity index (χ0) is 26.8. The number of hydrogen-bond donors (Lipinski definition) is 0. The van der Waals surface area contributed by atoms with Gasteiger partial charge in [0.05, 0.1) is 11.9 Å². The number of carbonyl (C=O) groups is 5. The average molecular weight is 505 g/mol. The lowest BCUT2D eigenvalue weighted by Crippen LogP contribution is -2.50. The Morgan fingerprint density at radius 3 is 1.83 bits per heavy atom. The summed E-state index contributed by atoms with van der Waals surface area (Å²) in [5.74, 6) is -3.97. The number of aromatic nitrogens is 3. The Hall–Kier alpha value is -4.29. The number of rotatable bonds is 11. The van der Waals surface area contributed by atoms with E-state index in [1.165, 1.54) is 11.0 Å². The molecule has 0 aliphatic carbocycles. The molecule has 0 N–H and O–H groups in total. The maximum absolute atomic E-state index is 12.1. The van der Waals surface area contributed by atoms with Crippen molar-refractivity contribution in [3.63, 3.8) is 0 Å². The van der Waals surface area contributed by atoms with Gasteiger partial charge in [0, 0.05) is 34.6 Å². The summed E-state index contributed by atoms with van der Waals surface area (Å²) >= 11 is 0. The molecular formula is C23H27N3O10. The molecule has 194 valence electrons. The minimum atomic E-state index is -1.57. The lowest BCUT2D eigenvalue weighted by atomic mass is 10.00. The number of ether oxygens (including phenoxy) is 5. The first kappa shape index (κ1) is 28.0. The standard InChI is InChI=1S/C23H27N3O10/c1-13(27)32-12-20(33-14(2)28)22(35-16(4)30)23(36-17(5)31)21(34-15(3)29)19-11-24-26(25-19)18-9-7-6-8-10-18/h6-11,20-23H,12H2,1-5H3/t20-,21+,22+,23+/m0/s1. The summed E-state index contributed by atoms with van der Waals surface area (Å²) in [6, 6.07) is 8.78. The van der Waals surface area contributed by atoms with E-state index in [9.17, 15) is 24.0 Å². The van der Waals surface area contributed by atoms with E-state index in [2.05, 4.69) is 10.2 Å². The Bertz CT molecular complexity index is 1080. The zero-order valence-electron chi connectivity index (χ0n) is 20.4. The maximum atomic E-state index is 12.1. The molecule has 0 radical (unpaired) electrons. The Balaban J connectivity index is 2.60. The molecule has 0 aliphatic rings. The topological polar surface area (TPSA) is 162 Å². The minimum Gasteiger partial charge on any atom is -0.462 e. The third-order valence-corrected chi connectivity index (χ3v) is 4.44. The van der Waals surface area contributed by atoms with Crippen molar-refractivity contribution < 1.29 is 47.7 Å². The maximum Gasteiger partial charge on any atom is 0.303 e. The smallest absolute Gasteiger partial charge is 0.303 e. The number of para-hydroxylation sites is 1. The van der Waals surface area contributed by atoms with Crippen molar-refractivity contribution in [2.24, 2.45) is 0 Å². The number of nitrogens with zero attached hydrogens (tertiary/aromatic N) is 3. The number of hydrogen-bond acceptors (Lipinski definition) is 12.